The average Bonchev–Trinajstić information content (AvgIpc) is 3.45. The van der Waals surface area contributed by atoms with Crippen molar-refractivity contribution in [2.75, 3.05) is 24.9 Å². The van der Waals surface area contributed by atoms with Crippen molar-refractivity contribution in [3.63, 3.8) is 0 Å². The molecule has 2 N–H and O–H groups in total. The second-order valence-electron chi connectivity index (χ2n) is 6.10. The van der Waals surface area contributed by atoms with Gasteiger partial charge in [0, 0.05) is 33.8 Å². The van der Waals surface area contributed by atoms with Gasteiger partial charge in [0.25, 0.3) is 5.91 Å². The number of ether oxygens (including phenoxy) is 2. The quantitative estimate of drug-likeness (QED) is 0.408. The molecule has 1 amide bonds. The lowest BCUT2D eigenvalue weighted by molar-refractivity contribution is 0.102. The Morgan fingerprint density at radius 1 is 1.03 bits per heavy atom. The van der Waals surface area contributed by atoms with Gasteiger partial charge in [0.1, 0.15) is 11.5 Å². The lowest BCUT2D eigenvalue weighted by Gasteiger charge is -2.08. The van der Waals surface area contributed by atoms with Crippen LogP contribution >= 0.6 is 22.7 Å². The number of methoxy groups -OCH3 is 2. The molecule has 30 heavy (non-hydrogen) atoms. The Labute approximate surface area is 181 Å². The van der Waals surface area contributed by atoms with Gasteiger partial charge in [0.05, 0.1) is 19.9 Å². The monoisotopic (exact) mass is 438 g/mol. The molecular weight excluding hydrogens is 420 g/mol. The van der Waals surface area contributed by atoms with E-state index in [4.69, 9.17) is 9.47 Å². The third-order valence-electron chi connectivity index (χ3n) is 4.22. The van der Waals surface area contributed by atoms with E-state index >= 15 is 0 Å². The zero-order chi connectivity index (χ0) is 20.9. The summed E-state index contributed by atoms with van der Waals surface area (Å²) < 4.78 is 10.7. The highest BCUT2D eigenvalue weighted by atomic mass is 32.1. The molecule has 0 unspecified atom stereocenters. The molecule has 0 atom stereocenters. The number of rotatable bonds is 7. The molecule has 2 aromatic heterocycles. The number of hydrogen-bond donors (Lipinski definition) is 2. The maximum Gasteiger partial charge on any atom is 0.257 e. The number of amides is 1. The Kier molecular flexibility index (Phi) is 5.92. The maximum atomic E-state index is 12.7. The van der Waals surface area contributed by atoms with Crippen molar-refractivity contribution >= 4 is 44.5 Å². The van der Waals surface area contributed by atoms with Gasteiger partial charge in [0.15, 0.2) is 10.3 Å². The molecule has 0 aliphatic carbocycles. The fraction of sp³-hybridized carbons (Fsp3) is 0.0952. The van der Waals surface area contributed by atoms with Crippen LogP contribution in [-0.4, -0.2) is 30.1 Å². The predicted molar refractivity (Wildman–Crippen MR) is 120 cm³/mol. The Morgan fingerprint density at radius 3 is 2.70 bits per heavy atom. The van der Waals surface area contributed by atoms with Crippen molar-refractivity contribution in [1.29, 1.82) is 0 Å². The Hall–Kier alpha value is -3.43. The van der Waals surface area contributed by atoms with E-state index in [1.165, 1.54) is 22.7 Å². The molecule has 7 nitrogen and oxygen atoms in total. The van der Waals surface area contributed by atoms with Crippen molar-refractivity contribution in [3.8, 4) is 22.8 Å². The summed E-state index contributed by atoms with van der Waals surface area (Å²) in [5.74, 6) is 1.14. The van der Waals surface area contributed by atoms with Crippen LogP contribution in [0.5, 0.6) is 11.5 Å². The summed E-state index contributed by atoms with van der Waals surface area (Å²) >= 11 is 2.84. The maximum absolute atomic E-state index is 12.7. The summed E-state index contributed by atoms with van der Waals surface area (Å²) in [6, 6.07) is 12.7. The Bertz CT molecular complexity index is 1160. The van der Waals surface area contributed by atoms with E-state index < -0.39 is 0 Å². The molecular formula is C21H18N4O3S2. The van der Waals surface area contributed by atoms with E-state index in [0.29, 0.717) is 27.9 Å². The minimum atomic E-state index is -0.240. The molecule has 0 saturated carbocycles. The molecule has 0 bridgehead atoms. The minimum absolute atomic E-state index is 0.240. The number of nitrogens with zero attached hydrogens (tertiary/aromatic N) is 2. The predicted octanol–water partition coefficient (Wildman–Crippen LogP) is 5.28. The number of anilines is 3. The van der Waals surface area contributed by atoms with Crippen molar-refractivity contribution in [3.05, 3.63) is 65.0 Å². The molecule has 0 aliphatic heterocycles. The van der Waals surface area contributed by atoms with Gasteiger partial charge < -0.3 is 14.8 Å². The van der Waals surface area contributed by atoms with Gasteiger partial charge in [-0.15, -0.1) is 22.7 Å². The molecule has 0 radical (unpaired) electrons. The summed E-state index contributed by atoms with van der Waals surface area (Å²) in [6.45, 7) is 0. The van der Waals surface area contributed by atoms with Crippen LogP contribution in [-0.2, 0) is 0 Å². The van der Waals surface area contributed by atoms with Crippen LogP contribution < -0.4 is 20.1 Å². The van der Waals surface area contributed by atoms with E-state index in [1.807, 2.05) is 41.1 Å². The molecule has 0 spiro atoms. The number of carbonyl (C=O) groups is 1. The highest BCUT2D eigenvalue weighted by molar-refractivity contribution is 7.14. The van der Waals surface area contributed by atoms with E-state index in [1.54, 1.807) is 32.5 Å². The van der Waals surface area contributed by atoms with Crippen LogP contribution in [0.15, 0.2) is 59.4 Å². The topological polar surface area (TPSA) is 85.4 Å². The van der Waals surface area contributed by atoms with E-state index in [2.05, 4.69) is 20.6 Å². The number of hydrogen-bond acceptors (Lipinski definition) is 8. The lowest BCUT2D eigenvalue weighted by atomic mass is 10.1. The van der Waals surface area contributed by atoms with Gasteiger partial charge in [-0.1, -0.05) is 6.07 Å². The summed E-state index contributed by atoms with van der Waals surface area (Å²) in [4.78, 5) is 21.4. The van der Waals surface area contributed by atoms with Gasteiger partial charge in [-0.2, -0.15) is 0 Å². The summed E-state index contributed by atoms with van der Waals surface area (Å²) in [7, 11) is 3.21. The first-order valence-corrected chi connectivity index (χ1v) is 10.7. The number of nitrogens with one attached hydrogen (secondary N) is 2. The SMILES string of the molecule is COc1ccc(OC)c(-c2csc(NC(=O)c3cccc(Nc4nccs4)c3)n2)c1. The highest BCUT2D eigenvalue weighted by Crippen LogP contribution is 2.35. The molecule has 0 fully saturated rings. The Balaban J connectivity index is 1.51. The van der Waals surface area contributed by atoms with Gasteiger partial charge in [-0.3, -0.25) is 10.1 Å². The fourth-order valence-corrected chi connectivity index (χ4v) is 4.04. The average molecular weight is 439 g/mol. The zero-order valence-corrected chi connectivity index (χ0v) is 17.8. The number of thiazole rings is 2. The standard InChI is InChI=1S/C21H18N4O3S2/c1-27-15-6-7-18(28-2)16(11-15)17-12-30-21(24-17)25-19(26)13-4-3-5-14(10-13)23-20-22-8-9-29-20/h3-12H,1-2H3,(H,22,23)(H,24,25,26). The summed E-state index contributed by atoms with van der Waals surface area (Å²) in [6.07, 6.45) is 1.72. The molecule has 0 aliphatic rings. The fourth-order valence-electron chi connectivity index (χ4n) is 2.79. The lowest BCUT2D eigenvalue weighted by Crippen LogP contribution is -2.11. The Morgan fingerprint density at radius 2 is 1.93 bits per heavy atom. The second-order valence-corrected chi connectivity index (χ2v) is 7.85. The molecule has 4 rings (SSSR count). The van der Waals surface area contributed by atoms with E-state index in [-0.39, 0.29) is 5.91 Å². The van der Waals surface area contributed by atoms with Crippen molar-refractivity contribution < 1.29 is 14.3 Å². The van der Waals surface area contributed by atoms with Crippen LogP contribution in [0.2, 0.25) is 0 Å². The second kappa shape index (κ2) is 8.93. The number of carbonyl (C=O) groups excluding carboxylic acids is 1. The molecule has 0 saturated heterocycles. The molecule has 4 aromatic rings. The molecule has 2 heterocycles. The summed E-state index contributed by atoms with van der Waals surface area (Å²) in [5, 5.41) is 11.1. The van der Waals surface area contributed by atoms with Crippen LogP contribution in [0.25, 0.3) is 11.3 Å². The van der Waals surface area contributed by atoms with E-state index in [9.17, 15) is 4.79 Å². The molecule has 2 aromatic carbocycles. The number of benzene rings is 2. The molecule has 152 valence electrons. The first kappa shape index (κ1) is 19.9. The van der Waals surface area contributed by atoms with Crippen molar-refractivity contribution in [1.82, 2.24) is 9.97 Å². The van der Waals surface area contributed by atoms with E-state index in [0.717, 1.165) is 16.4 Å². The number of aromatic nitrogens is 2. The minimum Gasteiger partial charge on any atom is -0.497 e. The van der Waals surface area contributed by atoms with Crippen molar-refractivity contribution in [2.45, 2.75) is 0 Å². The highest BCUT2D eigenvalue weighted by Gasteiger charge is 2.14. The van der Waals surface area contributed by atoms with Gasteiger partial charge >= 0.3 is 0 Å². The third kappa shape index (κ3) is 4.42. The van der Waals surface area contributed by atoms with Gasteiger partial charge in [-0.25, -0.2) is 9.97 Å². The van der Waals surface area contributed by atoms with Gasteiger partial charge in [-0.05, 0) is 36.4 Å². The van der Waals surface area contributed by atoms with Crippen LogP contribution in [0, 0.1) is 0 Å². The summed E-state index contributed by atoms with van der Waals surface area (Å²) in [5.41, 5.74) is 2.80. The zero-order valence-electron chi connectivity index (χ0n) is 16.2. The van der Waals surface area contributed by atoms with Gasteiger partial charge in [0.2, 0.25) is 0 Å². The smallest absolute Gasteiger partial charge is 0.257 e. The first-order chi connectivity index (χ1) is 14.7. The first-order valence-electron chi connectivity index (χ1n) is 8.92. The normalized spacial score (nSPS) is 10.5. The van der Waals surface area contributed by atoms with Crippen LogP contribution in [0.4, 0.5) is 16.0 Å². The third-order valence-corrected chi connectivity index (χ3v) is 5.66. The molecule has 9 heteroatoms. The largest absolute Gasteiger partial charge is 0.497 e. The van der Waals surface area contributed by atoms with Crippen LogP contribution in [0.1, 0.15) is 10.4 Å². The van der Waals surface area contributed by atoms with Crippen LogP contribution in [0.3, 0.4) is 0 Å². The van der Waals surface area contributed by atoms with Crippen molar-refractivity contribution in [2.24, 2.45) is 0 Å².